The Kier molecular flexibility index (Phi) is 5.22. The van der Waals surface area contributed by atoms with E-state index in [0.717, 1.165) is 35.8 Å². The first-order valence-electron chi connectivity index (χ1n) is 7.39. The van der Waals surface area contributed by atoms with Crippen LogP contribution in [0.25, 0.3) is 11.0 Å². The van der Waals surface area contributed by atoms with Gasteiger partial charge in [0.25, 0.3) is 0 Å². The summed E-state index contributed by atoms with van der Waals surface area (Å²) < 4.78 is 3.44. The fraction of sp³-hybridized carbons (Fsp3) is 0.562. The topological polar surface area (TPSA) is 43.8 Å². The van der Waals surface area contributed by atoms with Crippen molar-refractivity contribution in [1.82, 2.24) is 9.55 Å². The summed E-state index contributed by atoms with van der Waals surface area (Å²) in [5.41, 5.74) is 7.93. The number of aryl methyl sites for hydroxylation is 1. The Morgan fingerprint density at radius 2 is 2.00 bits per heavy atom. The van der Waals surface area contributed by atoms with Crippen LogP contribution in [0.4, 0.5) is 0 Å². The molecule has 0 aliphatic carbocycles. The molecule has 1 atom stereocenters. The number of rotatable bonds is 6. The monoisotopic (exact) mass is 337 g/mol. The molecule has 3 nitrogen and oxygen atoms in total. The molecule has 0 aliphatic heterocycles. The van der Waals surface area contributed by atoms with Gasteiger partial charge in [0, 0.05) is 16.9 Å². The molecule has 110 valence electrons. The fourth-order valence-corrected chi connectivity index (χ4v) is 3.03. The van der Waals surface area contributed by atoms with Gasteiger partial charge in [-0.1, -0.05) is 22.9 Å². The number of hydrogen-bond acceptors (Lipinski definition) is 2. The summed E-state index contributed by atoms with van der Waals surface area (Å²) in [5, 5.41) is 0. The lowest BCUT2D eigenvalue weighted by Crippen LogP contribution is -2.10. The van der Waals surface area contributed by atoms with Crippen LogP contribution in [0.5, 0.6) is 0 Å². The van der Waals surface area contributed by atoms with E-state index < -0.39 is 0 Å². The van der Waals surface area contributed by atoms with E-state index in [2.05, 4.69) is 59.5 Å². The van der Waals surface area contributed by atoms with Crippen molar-refractivity contribution in [3.8, 4) is 0 Å². The lowest BCUT2D eigenvalue weighted by Gasteiger charge is -2.14. The van der Waals surface area contributed by atoms with Gasteiger partial charge in [-0.3, -0.25) is 0 Å². The summed E-state index contributed by atoms with van der Waals surface area (Å²) in [6.45, 7) is 7.48. The van der Waals surface area contributed by atoms with E-state index in [4.69, 9.17) is 10.7 Å². The SMILES string of the molecule is CC(CCN)CCc1nc2cc(Br)ccc2n1C(C)C. The first-order valence-corrected chi connectivity index (χ1v) is 8.18. The predicted molar refractivity (Wildman–Crippen MR) is 89.0 cm³/mol. The first kappa shape index (κ1) is 15.5. The van der Waals surface area contributed by atoms with Crippen molar-refractivity contribution < 1.29 is 0 Å². The van der Waals surface area contributed by atoms with Gasteiger partial charge in [-0.2, -0.15) is 0 Å². The van der Waals surface area contributed by atoms with Crippen molar-refractivity contribution >= 4 is 27.0 Å². The molecule has 2 N–H and O–H groups in total. The number of nitrogens with two attached hydrogens (primary N) is 1. The highest BCUT2D eigenvalue weighted by atomic mass is 79.9. The van der Waals surface area contributed by atoms with Crippen molar-refractivity contribution in [1.29, 1.82) is 0 Å². The third-order valence-electron chi connectivity index (χ3n) is 3.76. The van der Waals surface area contributed by atoms with Crippen molar-refractivity contribution in [3.05, 3.63) is 28.5 Å². The van der Waals surface area contributed by atoms with E-state index in [9.17, 15) is 0 Å². The molecule has 0 spiro atoms. The molecule has 0 saturated heterocycles. The van der Waals surface area contributed by atoms with Gasteiger partial charge in [0.2, 0.25) is 0 Å². The van der Waals surface area contributed by atoms with Gasteiger partial charge in [-0.25, -0.2) is 4.98 Å². The zero-order valence-corrected chi connectivity index (χ0v) is 14.2. The lowest BCUT2D eigenvalue weighted by molar-refractivity contribution is 0.479. The maximum absolute atomic E-state index is 5.63. The maximum Gasteiger partial charge on any atom is 0.110 e. The van der Waals surface area contributed by atoms with E-state index in [1.54, 1.807) is 0 Å². The predicted octanol–water partition coefficient (Wildman–Crippen LogP) is 4.30. The van der Waals surface area contributed by atoms with Gasteiger partial charge in [0.05, 0.1) is 11.0 Å². The standard InChI is InChI=1S/C16H24BrN3/c1-11(2)20-15-6-5-13(17)10-14(15)19-16(20)7-4-12(3)8-9-18/h5-6,10-12H,4,7-9,18H2,1-3H3. The second kappa shape index (κ2) is 6.72. The quantitative estimate of drug-likeness (QED) is 0.853. The zero-order valence-electron chi connectivity index (χ0n) is 12.6. The molecule has 0 amide bonds. The number of aromatic nitrogens is 2. The minimum Gasteiger partial charge on any atom is -0.330 e. The minimum absolute atomic E-state index is 0.431. The Bertz CT molecular complexity index is 574. The van der Waals surface area contributed by atoms with E-state index >= 15 is 0 Å². The molecule has 0 fully saturated rings. The van der Waals surface area contributed by atoms with Gasteiger partial charge in [-0.15, -0.1) is 0 Å². The van der Waals surface area contributed by atoms with E-state index in [1.165, 1.54) is 11.3 Å². The van der Waals surface area contributed by atoms with Gasteiger partial charge in [-0.05, 0) is 57.4 Å². The molecule has 0 aliphatic rings. The van der Waals surface area contributed by atoms with Gasteiger partial charge in [0.15, 0.2) is 0 Å². The minimum atomic E-state index is 0.431. The Morgan fingerprint density at radius 1 is 1.25 bits per heavy atom. The summed E-state index contributed by atoms with van der Waals surface area (Å²) in [4.78, 5) is 4.83. The van der Waals surface area contributed by atoms with Crippen LogP contribution in [0.3, 0.4) is 0 Å². The van der Waals surface area contributed by atoms with Crippen LogP contribution in [0, 0.1) is 5.92 Å². The van der Waals surface area contributed by atoms with Crippen molar-refractivity contribution in [3.63, 3.8) is 0 Å². The molecule has 0 saturated carbocycles. The highest BCUT2D eigenvalue weighted by molar-refractivity contribution is 9.10. The molecule has 1 aromatic carbocycles. The van der Waals surface area contributed by atoms with Crippen LogP contribution in [0.2, 0.25) is 0 Å². The van der Waals surface area contributed by atoms with Crippen LogP contribution in [0.15, 0.2) is 22.7 Å². The van der Waals surface area contributed by atoms with Crippen LogP contribution >= 0.6 is 15.9 Å². The molecule has 0 bridgehead atoms. The van der Waals surface area contributed by atoms with Crippen molar-refractivity contribution in [2.24, 2.45) is 11.7 Å². The Hall–Kier alpha value is -0.870. The highest BCUT2D eigenvalue weighted by Gasteiger charge is 2.14. The van der Waals surface area contributed by atoms with Crippen LogP contribution < -0.4 is 5.73 Å². The normalized spacial score (nSPS) is 13.3. The summed E-state index contributed by atoms with van der Waals surface area (Å²) >= 11 is 3.52. The van der Waals surface area contributed by atoms with Gasteiger partial charge >= 0.3 is 0 Å². The summed E-state index contributed by atoms with van der Waals surface area (Å²) in [5.74, 6) is 1.85. The maximum atomic E-state index is 5.63. The second-order valence-electron chi connectivity index (χ2n) is 5.85. The summed E-state index contributed by atoms with van der Waals surface area (Å²) in [6, 6.07) is 6.77. The number of fused-ring (bicyclic) bond motifs is 1. The molecule has 4 heteroatoms. The van der Waals surface area contributed by atoms with Crippen LogP contribution in [-0.2, 0) is 6.42 Å². The van der Waals surface area contributed by atoms with E-state index in [1.807, 2.05) is 0 Å². The van der Waals surface area contributed by atoms with Crippen molar-refractivity contribution in [2.45, 2.75) is 46.1 Å². The van der Waals surface area contributed by atoms with Crippen molar-refractivity contribution in [2.75, 3.05) is 6.54 Å². The fourth-order valence-electron chi connectivity index (χ4n) is 2.68. The molecule has 2 aromatic rings. The highest BCUT2D eigenvalue weighted by Crippen LogP contribution is 2.25. The Labute approximate surface area is 129 Å². The lowest BCUT2D eigenvalue weighted by atomic mass is 10.0. The number of benzene rings is 1. The average molecular weight is 338 g/mol. The molecule has 0 radical (unpaired) electrons. The van der Waals surface area contributed by atoms with Crippen LogP contribution in [0.1, 0.15) is 45.5 Å². The first-order chi connectivity index (χ1) is 9.52. The van der Waals surface area contributed by atoms with E-state index in [-0.39, 0.29) is 0 Å². The van der Waals surface area contributed by atoms with Crippen LogP contribution in [-0.4, -0.2) is 16.1 Å². The largest absolute Gasteiger partial charge is 0.330 e. The molecule has 1 heterocycles. The van der Waals surface area contributed by atoms with E-state index in [0.29, 0.717) is 12.0 Å². The molecule has 20 heavy (non-hydrogen) atoms. The zero-order chi connectivity index (χ0) is 14.7. The number of imidazole rings is 1. The Morgan fingerprint density at radius 3 is 2.65 bits per heavy atom. The third kappa shape index (κ3) is 3.41. The summed E-state index contributed by atoms with van der Waals surface area (Å²) in [6.07, 6.45) is 3.26. The molecular weight excluding hydrogens is 314 g/mol. The Balaban J connectivity index is 2.29. The van der Waals surface area contributed by atoms with Gasteiger partial charge in [0.1, 0.15) is 5.82 Å². The second-order valence-corrected chi connectivity index (χ2v) is 6.76. The van der Waals surface area contributed by atoms with Gasteiger partial charge < -0.3 is 10.3 Å². The summed E-state index contributed by atoms with van der Waals surface area (Å²) in [7, 11) is 0. The molecule has 2 rings (SSSR count). The third-order valence-corrected chi connectivity index (χ3v) is 4.25. The average Bonchev–Trinajstić information content (AvgIpc) is 2.74. The number of nitrogens with zero attached hydrogens (tertiary/aromatic N) is 2. The number of halogens is 1. The molecular formula is C16H24BrN3. The number of hydrogen-bond donors (Lipinski definition) is 1. The smallest absolute Gasteiger partial charge is 0.110 e. The molecule has 1 aromatic heterocycles. The molecule has 1 unspecified atom stereocenters.